The highest BCUT2D eigenvalue weighted by atomic mass is 35.5. The quantitative estimate of drug-likeness (QED) is 0.128. The van der Waals surface area contributed by atoms with Crippen molar-refractivity contribution in [3.05, 3.63) is 88.9 Å². The number of aromatic carboxylic acids is 1. The van der Waals surface area contributed by atoms with E-state index in [9.17, 15) is 9.59 Å². The summed E-state index contributed by atoms with van der Waals surface area (Å²) in [7, 11) is 0. The van der Waals surface area contributed by atoms with Crippen molar-refractivity contribution in [3.63, 3.8) is 0 Å². The molecular weight excluding hydrogens is 532 g/mol. The van der Waals surface area contributed by atoms with Gasteiger partial charge in [-0.3, -0.25) is 4.79 Å². The number of rotatable bonds is 17. The van der Waals surface area contributed by atoms with E-state index in [-0.39, 0.29) is 17.3 Å². The van der Waals surface area contributed by atoms with E-state index in [4.69, 9.17) is 21.4 Å². The lowest BCUT2D eigenvalue weighted by atomic mass is 9.93. The van der Waals surface area contributed by atoms with Crippen molar-refractivity contribution in [1.82, 2.24) is 0 Å². The Labute approximate surface area is 252 Å². The Morgan fingerprint density at radius 1 is 0.732 bits per heavy atom. The molecule has 0 aliphatic rings. The molecule has 3 aromatic carbocycles. The first-order valence-electron chi connectivity index (χ1n) is 15.2. The number of carboxylic acids is 1. The molecular formula is C36H47ClO4. The summed E-state index contributed by atoms with van der Waals surface area (Å²) in [6.45, 7) is 7.09. The van der Waals surface area contributed by atoms with Gasteiger partial charge in [0.25, 0.3) is 0 Å². The van der Waals surface area contributed by atoms with Crippen LogP contribution in [-0.2, 0) is 0 Å². The molecule has 1 atom stereocenters. The summed E-state index contributed by atoms with van der Waals surface area (Å²) in [5.74, 6) is -0.0276. The third-order valence-corrected chi connectivity index (χ3v) is 7.44. The first-order chi connectivity index (χ1) is 19.9. The molecule has 5 heteroatoms. The van der Waals surface area contributed by atoms with Crippen LogP contribution in [0.25, 0.3) is 11.1 Å². The van der Waals surface area contributed by atoms with Crippen LogP contribution in [-0.4, -0.2) is 23.5 Å². The third kappa shape index (κ3) is 12.9. The van der Waals surface area contributed by atoms with Crippen LogP contribution in [0, 0.1) is 5.92 Å². The van der Waals surface area contributed by atoms with Crippen molar-refractivity contribution in [2.45, 2.75) is 91.4 Å². The van der Waals surface area contributed by atoms with Crippen molar-refractivity contribution in [3.8, 4) is 16.9 Å². The van der Waals surface area contributed by atoms with Gasteiger partial charge in [0.1, 0.15) is 5.75 Å². The summed E-state index contributed by atoms with van der Waals surface area (Å²) in [5, 5.41) is 9.17. The maximum Gasteiger partial charge on any atom is 0.335 e. The van der Waals surface area contributed by atoms with E-state index in [1.807, 2.05) is 42.5 Å². The van der Waals surface area contributed by atoms with Gasteiger partial charge in [-0.25, -0.2) is 4.79 Å². The molecule has 0 saturated heterocycles. The third-order valence-electron chi connectivity index (χ3n) is 7.15. The van der Waals surface area contributed by atoms with Crippen molar-refractivity contribution in [1.29, 1.82) is 0 Å². The molecule has 0 bridgehead atoms. The molecule has 0 radical (unpaired) electrons. The molecule has 3 rings (SSSR count). The first-order valence-corrected chi connectivity index (χ1v) is 15.6. The Hall–Kier alpha value is -3.11. The normalized spacial score (nSPS) is 11.3. The molecule has 41 heavy (non-hydrogen) atoms. The fourth-order valence-electron chi connectivity index (χ4n) is 4.57. The molecule has 0 aliphatic carbocycles. The zero-order valence-corrected chi connectivity index (χ0v) is 25.8. The van der Waals surface area contributed by atoms with Crippen LogP contribution < -0.4 is 4.74 Å². The number of hydrogen-bond acceptors (Lipinski definition) is 3. The average molecular weight is 579 g/mol. The largest absolute Gasteiger partial charge is 0.492 e. The van der Waals surface area contributed by atoms with Crippen molar-refractivity contribution in [2.24, 2.45) is 5.92 Å². The van der Waals surface area contributed by atoms with E-state index in [0.717, 1.165) is 36.8 Å². The maximum atomic E-state index is 12.5. The Kier molecular flexibility index (Phi) is 16.5. The summed E-state index contributed by atoms with van der Waals surface area (Å²) in [6.07, 6.45) is 13.1. The number of benzene rings is 3. The van der Waals surface area contributed by atoms with E-state index in [2.05, 4.69) is 32.9 Å². The highest BCUT2D eigenvalue weighted by Gasteiger charge is 2.14. The molecule has 1 unspecified atom stereocenters. The number of Topliss-reactive ketones (excluding diaryl/α,β-unsaturated/α-hetero) is 1. The van der Waals surface area contributed by atoms with Gasteiger partial charge in [-0.15, -0.1) is 0 Å². The summed E-state index contributed by atoms with van der Waals surface area (Å²) < 4.78 is 5.55. The molecule has 0 aliphatic heterocycles. The molecule has 0 fully saturated rings. The highest BCUT2D eigenvalue weighted by molar-refractivity contribution is 6.32. The minimum atomic E-state index is -0.982. The minimum absolute atomic E-state index is 0.124. The van der Waals surface area contributed by atoms with Crippen molar-refractivity contribution in [2.75, 3.05) is 6.61 Å². The van der Waals surface area contributed by atoms with Crippen molar-refractivity contribution < 1.29 is 19.4 Å². The Morgan fingerprint density at radius 3 is 1.90 bits per heavy atom. The summed E-state index contributed by atoms with van der Waals surface area (Å²) in [5.41, 5.74) is 3.36. The van der Waals surface area contributed by atoms with Gasteiger partial charge in [0, 0.05) is 11.5 Å². The second kappa shape index (κ2) is 19.9. The number of carbonyl (C=O) groups is 2. The fraction of sp³-hybridized carbons (Fsp3) is 0.444. The molecule has 4 nitrogen and oxygen atoms in total. The predicted molar refractivity (Wildman–Crippen MR) is 171 cm³/mol. The lowest BCUT2D eigenvalue weighted by Gasteiger charge is -2.11. The van der Waals surface area contributed by atoms with Crippen molar-refractivity contribution >= 4 is 23.4 Å². The predicted octanol–water partition coefficient (Wildman–Crippen LogP) is 10.9. The summed E-state index contributed by atoms with van der Waals surface area (Å²) >= 11 is 5.97. The van der Waals surface area contributed by atoms with Gasteiger partial charge in [0.15, 0.2) is 5.78 Å². The van der Waals surface area contributed by atoms with Crippen LogP contribution in [0.1, 0.15) is 112 Å². The van der Waals surface area contributed by atoms with Crippen LogP contribution in [0.15, 0.2) is 72.8 Å². The smallest absolute Gasteiger partial charge is 0.335 e. The summed E-state index contributed by atoms with van der Waals surface area (Å²) in [4.78, 5) is 23.2. The van der Waals surface area contributed by atoms with E-state index in [1.54, 1.807) is 6.07 Å². The lowest BCUT2D eigenvalue weighted by molar-refractivity contribution is 0.0696. The van der Waals surface area contributed by atoms with Gasteiger partial charge in [-0.1, -0.05) is 145 Å². The fourth-order valence-corrected chi connectivity index (χ4v) is 4.80. The molecule has 0 amide bonds. The molecule has 0 heterocycles. The van der Waals surface area contributed by atoms with Crippen LogP contribution in [0.5, 0.6) is 5.75 Å². The van der Waals surface area contributed by atoms with Gasteiger partial charge >= 0.3 is 5.97 Å². The number of halogens is 1. The van der Waals surface area contributed by atoms with Gasteiger partial charge in [0.05, 0.1) is 17.2 Å². The topological polar surface area (TPSA) is 63.6 Å². The number of carboxylic acid groups (broad SMARTS) is 1. The molecule has 0 aromatic heterocycles. The Morgan fingerprint density at radius 2 is 1.29 bits per heavy atom. The second-order valence-corrected chi connectivity index (χ2v) is 11.0. The average Bonchev–Trinajstić information content (AvgIpc) is 3.00. The van der Waals surface area contributed by atoms with E-state index < -0.39 is 5.97 Å². The second-order valence-electron chi connectivity index (χ2n) is 10.6. The van der Waals surface area contributed by atoms with Gasteiger partial charge in [-0.05, 0) is 42.2 Å². The number of unbranched alkanes of at least 4 members (excludes halogenated alkanes) is 8. The van der Waals surface area contributed by atoms with Crippen LogP contribution >= 0.6 is 11.6 Å². The lowest BCUT2D eigenvalue weighted by Crippen LogP contribution is -2.11. The van der Waals surface area contributed by atoms with Crippen LogP contribution in [0.4, 0.5) is 0 Å². The molecule has 222 valence electrons. The summed E-state index contributed by atoms with van der Waals surface area (Å²) in [6, 6.07) is 22.8. The molecule has 0 spiro atoms. The van der Waals surface area contributed by atoms with Gasteiger partial charge < -0.3 is 9.84 Å². The molecule has 1 N–H and O–H groups in total. The minimum Gasteiger partial charge on any atom is -0.492 e. The monoisotopic (exact) mass is 578 g/mol. The van der Waals surface area contributed by atoms with E-state index in [1.165, 1.54) is 62.6 Å². The number of ketones is 1. The van der Waals surface area contributed by atoms with E-state index in [0.29, 0.717) is 17.4 Å². The van der Waals surface area contributed by atoms with E-state index >= 15 is 0 Å². The van der Waals surface area contributed by atoms with Gasteiger partial charge in [0.2, 0.25) is 0 Å². The number of ether oxygens (including phenoxy) is 1. The Bertz CT molecular complexity index is 1160. The first kappa shape index (κ1) is 34.1. The van der Waals surface area contributed by atoms with Gasteiger partial charge in [-0.2, -0.15) is 0 Å². The number of hydrogen-bond donors (Lipinski definition) is 1. The highest BCUT2D eigenvalue weighted by Crippen LogP contribution is 2.26. The SMILES string of the molecule is CCCCCCC(C)C(=O)c1ccc(-c2ccccc2)cc1.CCCCCCCCOc1ccc(C(=O)O)cc1Cl. The standard InChI is InChI=1S/C21H26O.C15H21ClO3/c1-3-4-5-7-10-17(2)21(22)20-15-13-19(14-16-20)18-11-8-6-9-12-18;1-2-3-4-5-6-7-10-19-14-9-8-12(15(17)18)11-13(14)16/h6,8-9,11-17H,3-5,7,10H2,1-2H3;8-9,11H,2-7,10H2,1H3,(H,17,18). The zero-order valence-electron chi connectivity index (χ0n) is 25.0. The Balaban J connectivity index is 0.000000290. The zero-order chi connectivity index (χ0) is 29.9. The maximum absolute atomic E-state index is 12.5. The molecule has 3 aromatic rings. The number of carbonyl (C=O) groups excluding carboxylic acids is 1. The van der Waals surface area contributed by atoms with Crippen LogP contribution in [0.2, 0.25) is 5.02 Å². The molecule has 0 saturated carbocycles. The van der Waals surface area contributed by atoms with Crippen LogP contribution in [0.3, 0.4) is 0 Å².